The highest BCUT2D eigenvalue weighted by Crippen LogP contribution is 2.33. The summed E-state index contributed by atoms with van der Waals surface area (Å²) in [5.41, 5.74) is 2.23. The summed E-state index contributed by atoms with van der Waals surface area (Å²) < 4.78 is 0.696. The van der Waals surface area contributed by atoms with E-state index in [4.69, 9.17) is 23.2 Å². The van der Waals surface area contributed by atoms with Crippen molar-refractivity contribution in [3.63, 3.8) is 0 Å². The third-order valence-electron chi connectivity index (χ3n) is 3.79. The molecule has 0 atom stereocenters. The highest BCUT2D eigenvalue weighted by Gasteiger charge is 2.12. The van der Waals surface area contributed by atoms with E-state index in [1.807, 2.05) is 0 Å². The number of hydrogen-bond acceptors (Lipinski definition) is 6. The van der Waals surface area contributed by atoms with Crippen LogP contribution in [0.2, 0.25) is 10.0 Å². The van der Waals surface area contributed by atoms with E-state index < -0.39 is 0 Å². The summed E-state index contributed by atoms with van der Waals surface area (Å²) in [6, 6.07) is 12.3. The molecule has 150 valence electrons. The number of hydrogen-bond donors (Lipinski definition) is 2. The van der Waals surface area contributed by atoms with Gasteiger partial charge in [-0.15, -0.1) is 10.2 Å². The predicted molar refractivity (Wildman–Crippen MR) is 118 cm³/mol. The van der Waals surface area contributed by atoms with Crippen molar-refractivity contribution in [2.45, 2.75) is 23.6 Å². The first-order chi connectivity index (χ1) is 13.9. The van der Waals surface area contributed by atoms with Crippen molar-refractivity contribution in [1.29, 1.82) is 0 Å². The normalized spacial score (nSPS) is 10.6. The molecule has 0 fully saturated rings. The van der Waals surface area contributed by atoms with Crippen LogP contribution in [0.15, 0.2) is 46.8 Å². The van der Waals surface area contributed by atoms with Crippen LogP contribution in [0.1, 0.15) is 28.4 Å². The van der Waals surface area contributed by atoms with Crippen LogP contribution in [-0.2, 0) is 17.1 Å². The van der Waals surface area contributed by atoms with Gasteiger partial charge in [0, 0.05) is 34.8 Å². The molecule has 0 unspecified atom stereocenters. The molecular formula is C19H16Cl2N4O2S2. The first kappa shape index (κ1) is 21.6. The van der Waals surface area contributed by atoms with E-state index in [2.05, 4.69) is 20.8 Å². The topological polar surface area (TPSA) is 84.0 Å². The monoisotopic (exact) mass is 466 g/mol. The van der Waals surface area contributed by atoms with Gasteiger partial charge in [-0.05, 0) is 35.4 Å². The van der Waals surface area contributed by atoms with Crippen LogP contribution < -0.4 is 10.6 Å². The van der Waals surface area contributed by atoms with Gasteiger partial charge in [0.05, 0.1) is 0 Å². The Morgan fingerprint density at radius 1 is 1.07 bits per heavy atom. The fourth-order valence-electron chi connectivity index (χ4n) is 2.29. The predicted octanol–water partition coefficient (Wildman–Crippen LogP) is 5.03. The standard InChI is InChI=1S/C19H16Cl2N4O2S2/c1-11(26)22-9-12-5-7-13(8-6-12)17(27)23-18-24-25-19(29-18)28-10-14-15(20)3-2-4-16(14)21/h2-8H,9-10H2,1H3,(H,22,26)(H,23,24,27). The van der Waals surface area contributed by atoms with Gasteiger partial charge in [-0.3, -0.25) is 14.9 Å². The average molecular weight is 467 g/mol. The first-order valence-corrected chi connectivity index (χ1v) is 11.0. The van der Waals surface area contributed by atoms with E-state index in [1.54, 1.807) is 42.5 Å². The molecule has 0 aliphatic carbocycles. The highest BCUT2D eigenvalue weighted by molar-refractivity contribution is 8.00. The van der Waals surface area contributed by atoms with Crippen molar-refractivity contribution in [1.82, 2.24) is 15.5 Å². The molecule has 10 heteroatoms. The Hall–Kier alpha value is -2.13. The molecule has 2 amide bonds. The summed E-state index contributed by atoms with van der Waals surface area (Å²) in [5.74, 6) is 0.170. The van der Waals surface area contributed by atoms with Gasteiger partial charge in [0.1, 0.15) is 0 Å². The minimum Gasteiger partial charge on any atom is -0.352 e. The number of nitrogens with one attached hydrogen (secondary N) is 2. The first-order valence-electron chi connectivity index (χ1n) is 8.46. The average Bonchev–Trinajstić information content (AvgIpc) is 3.13. The largest absolute Gasteiger partial charge is 0.352 e. The molecule has 0 radical (unpaired) electrons. The molecule has 0 spiro atoms. The van der Waals surface area contributed by atoms with Crippen LogP contribution >= 0.6 is 46.3 Å². The Morgan fingerprint density at radius 2 is 1.76 bits per heavy atom. The van der Waals surface area contributed by atoms with Crippen molar-refractivity contribution < 1.29 is 9.59 Å². The number of rotatable bonds is 7. The second kappa shape index (κ2) is 10.1. The summed E-state index contributed by atoms with van der Waals surface area (Å²) in [7, 11) is 0. The quantitative estimate of drug-likeness (QED) is 0.376. The number of anilines is 1. The maximum Gasteiger partial charge on any atom is 0.257 e. The molecule has 3 aromatic rings. The fourth-order valence-corrected chi connectivity index (χ4v) is 4.78. The molecule has 29 heavy (non-hydrogen) atoms. The van der Waals surface area contributed by atoms with Gasteiger partial charge in [-0.2, -0.15) is 0 Å². The van der Waals surface area contributed by atoms with Crippen molar-refractivity contribution in [2.75, 3.05) is 5.32 Å². The maximum absolute atomic E-state index is 12.4. The van der Waals surface area contributed by atoms with Gasteiger partial charge in [0.25, 0.3) is 5.91 Å². The molecule has 0 saturated carbocycles. The summed E-state index contributed by atoms with van der Waals surface area (Å²) in [6.45, 7) is 1.88. The van der Waals surface area contributed by atoms with Crippen molar-refractivity contribution in [2.24, 2.45) is 0 Å². The zero-order valence-electron chi connectivity index (χ0n) is 15.2. The molecule has 6 nitrogen and oxygen atoms in total. The van der Waals surface area contributed by atoms with E-state index in [0.29, 0.717) is 37.4 Å². The van der Waals surface area contributed by atoms with Crippen molar-refractivity contribution in [3.05, 3.63) is 69.2 Å². The number of amides is 2. The molecular weight excluding hydrogens is 451 g/mol. The molecule has 0 aliphatic rings. The van der Waals surface area contributed by atoms with Gasteiger partial charge in [-0.25, -0.2) is 0 Å². The van der Waals surface area contributed by atoms with E-state index in [0.717, 1.165) is 11.1 Å². The van der Waals surface area contributed by atoms with Gasteiger partial charge in [-0.1, -0.05) is 64.5 Å². The number of carbonyl (C=O) groups is 2. The Morgan fingerprint density at radius 3 is 2.41 bits per heavy atom. The van der Waals surface area contributed by atoms with E-state index >= 15 is 0 Å². The third-order valence-corrected chi connectivity index (χ3v) is 6.49. The smallest absolute Gasteiger partial charge is 0.257 e. The highest BCUT2D eigenvalue weighted by atomic mass is 35.5. The Kier molecular flexibility index (Phi) is 7.49. The van der Waals surface area contributed by atoms with Crippen LogP contribution in [0.3, 0.4) is 0 Å². The lowest BCUT2D eigenvalue weighted by Crippen LogP contribution is -2.19. The SMILES string of the molecule is CC(=O)NCc1ccc(C(=O)Nc2nnc(SCc3c(Cl)cccc3Cl)s2)cc1. The molecule has 2 aromatic carbocycles. The minimum absolute atomic E-state index is 0.103. The van der Waals surface area contributed by atoms with E-state index in [-0.39, 0.29) is 11.8 Å². The van der Waals surface area contributed by atoms with Crippen LogP contribution in [0.25, 0.3) is 0 Å². The second-order valence-electron chi connectivity index (χ2n) is 5.92. The zero-order chi connectivity index (χ0) is 20.8. The van der Waals surface area contributed by atoms with Crippen molar-refractivity contribution >= 4 is 63.2 Å². The summed E-state index contributed by atoms with van der Waals surface area (Å²) in [6.07, 6.45) is 0. The number of nitrogens with zero attached hydrogens (tertiary/aromatic N) is 2. The summed E-state index contributed by atoms with van der Waals surface area (Å²) >= 11 is 15.1. The lowest BCUT2D eigenvalue weighted by Gasteiger charge is -2.05. The number of halogens is 2. The Balaban J connectivity index is 1.56. The fraction of sp³-hybridized carbons (Fsp3) is 0.158. The molecule has 1 heterocycles. The van der Waals surface area contributed by atoms with Crippen LogP contribution in [-0.4, -0.2) is 22.0 Å². The van der Waals surface area contributed by atoms with E-state index in [1.165, 1.54) is 30.0 Å². The number of benzene rings is 2. The summed E-state index contributed by atoms with van der Waals surface area (Å²) in [5, 5.41) is 15.2. The van der Waals surface area contributed by atoms with Crippen LogP contribution in [0.5, 0.6) is 0 Å². The zero-order valence-corrected chi connectivity index (χ0v) is 18.4. The number of carbonyl (C=O) groups excluding carboxylic acids is 2. The third kappa shape index (κ3) is 6.17. The molecule has 3 rings (SSSR count). The van der Waals surface area contributed by atoms with Gasteiger partial charge >= 0.3 is 0 Å². The molecule has 2 N–H and O–H groups in total. The molecule has 1 aromatic heterocycles. The minimum atomic E-state index is -0.280. The summed E-state index contributed by atoms with van der Waals surface area (Å²) in [4.78, 5) is 23.3. The number of aromatic nitrogens is 2. The Labute approximate surface area is 186 Å². The molecule has 0 saturated heterocycles. The number of thioether (sulfide) groups is 1. The lowest BCUT2D eigenvalue weighted by atomic mass is 10.1. The molecule has 0 bridgehead atoms. The second-order valence-corrected chi connectivity index (χ2v) is 8.94. The van der Waals surface area contributed by atoms with Gasteiger partial charge in [0.2, 0.25) is 11.0 Å². The van der Waals surface area contributed by atoms with E-state index in [9.17, 15) is 9.59 Å². The van der Waals surface area contributed by atoms with Crippen molar-refractivity contribution in [3.8, 4) is 0 Å². The lowest BCUT2D eigenvalue weighted by molar-refractivity contribution is -0.119. The maximum atomic E-state index is 12.4. The van der Waals surface area contributed by atoms with Gasteiger partial charge in [0.15, 0.2) is 4.34 Å². The van der Waals surface area contributed by atoms with Crippen LogP contribution in [0, 0.1) is 0 Å². The van der Waals surface area contributed by atoms with Gasteiger partial charge < -0.3 is 5.32 Å². The molecule has 0 aliphatic heterocycles. The van der Waals surface area contributed by atoms with Crippen LogP contribution in [0.4, 0.5) is 5.13 Å². The Bertz CT molecular complexity index is 1010.